The summed E-state index contributed by atoms with van der Waals surface area (Å²) in [5.41, 5.74) is 6.34. The second-order valence-corrected chi connectivity index (χ2v) is 4.32. The zero-order chi connectivity index (χ0) is 12.4. The van der Waals surface area contributed by atoms with Gasteiger partial charge in [-0.25, -0.2) is 4.98 Å². The van der Waals surface area contributed by atoms with Gasteiger partial charge in [0.2, 0.25) is 5.88 Å². The molecule has 0 N–H and O–H groups in total. The average Bonchev–Trinajstić information content (AvgIpc) is 2.35. The molecule has 2 nitrogen and oxygen atoms in total. The van der Waals surface area contributed by atoms with Crippen molar-refractivity contribution in [3.8, 4) is 17.0 Å². The van der Waals surface area contributed by atoms with Crippen LogP contribution < -0.4 is 4.74 Å². The van der Waals surface area contributed by atoms with Crippen LogP contribution in [-0.2, 0) is 0 Å². The van der Waals surface area contributed by atoms with E-state index < -0.39 is 0 Å². The van der Waals surface area contributed by atoms with Crippen molar-refractivity contribution in [1.82, 2.24) is 4.98 Å². The Morgan fingerprint density at radius 2 is 1.59 bits per heavy atom. The second kappa shape index (κ2) is 4.58. The number of hydrogen-bond donors (Lipinski definition) is 0. The SMILES string of the molecule is COc1cc(-c2cc(C)c(C)c(C)c2)ccn1. The Hall–Kier alpha value is -1.83. The van der Waals surface area contributed by atoms with Gasteiger partial charge in [0.05, 0.1) is 7.11 Å². The Kier molecular flexibility index (Phi) is 3.14. The minimum absolute atomic E-state index is 0.651. The van der Waals surface area contributed by atoms with Gasteiger partial charge in [-0.15, -0.1) is 0 Å². The van der Waals surface area contributed by atoms with E-state index in [4.69, 9.17) is 4.74 Å². The quantitative estimate of drug-likeness (QED) is 0.780. The summed E-state index contributed by atoms with van der Waals surface area (Å²) in [7, 11) is 1.64. The lowest BCUT2D eigenvalue weighted by Gasteiger charge is -2.10. The van der Waals surface area contributed by atoms with Crippen molar-refractivity contribution in [2.45, 2.75) is 20.8 Å². The Morgan fingerprint density at radius 3 is 2.18 bits per heavy atom. The molecule has 0 radical (unpaired) electrons. The molecule has 0 unspecified atom stereocenters. The first-order valence-electron chi connectivity index (χ1n) is 5.70. The predicted molar refractivity (Wildman–Crippen MR) is 70.4 cm³/mol. The third-order valence-corrected chi connectivity index (χ3v) is 3.20. The van der Waals surface area contributed by atoms with E-state index >= 15 is 0 Å². The van der Waals surface area contributed by atoms with E-state index in [9.17, 15) is 0 Å². The zero-order valence-corrected chi connectivity index (χ0v) is 10.7. The van der Waals surface area contributed by atoms with E-state index in [2.05, 4.69) is 37.9 Å². The van der Waals surface area contributed by atoms with Gasteiger partial charge in [0, 0.05) is 12.3 Å². The van der Waals surface area contributed by atoms with E-state index in [1.165, 1.54) is 22.3 Å². The van der Waals surface area contributed by atoms with Crippen LogP contribution in [0, 0.1) is 20.8 Å². The van der Waals surface area contributed by atoms with Gasteiger partial charge in [-0.05, 0) is 54.7 Å². The molecular weight excluding hydrogens is 210 g/mol. The van der Waals surface area contributed by atoms with E-state index in [0.29, 0.717) is 5.88 Å². The highest BCUT2D eigenvalue weighted by Gasteiger charge is 2.04. The maximum absolute atomic E-state index is 5.15. The molecule has 0 bridgehead atoms. The van der Waals surface area contributed by atoms with Crippen LogP contribution in [0.2, 0.25) is 0 Å². The monoisotopic (exact) mass is 227 g/mol. The number of nitrogens with zero attached hydrogens (tertiary/aromatic N) is 1. The topological polar surface area (TPSA) is 22.1 Å². The van der Waals surface area contributed by atoms with Gasteiger partial charge in [-0.2, -0.15) is 0 Å². The minimum atomic E-state index is 0.651. The fourth-order valence-corrected chi connectivity index (χ4v) is 1.90. The lowest BCUT2D eigenvalue weighted by atomic mass is 9.97. The summed E-state index contributed by atoms with van der Waals surface area (Å²) in [4.78, 5) is 4.12. The van der Waals surface area contributed by atoms with Crippen molar-refractivity contribution < 1.29 is 4.74 Å². The molecule has 1 heterocycles. The van der Waals surface area contributed by atoms with Crippen LogP contribution in [0.25, 0.3) is 11.1 Å². The molecule has 0 aliphatic heterocycles. The van der Waals surface area contributed by atoms with Gasteiger partial charge in [0.25, 0.3) is 0 Å². The van der Waals surface area contributed by atoms with Crippen molar-refractivity contribution in [1.29, 1.82) is 0 Å². The zero-order valence-electron chi connectivity index (χ0n) is 10.7. The predicted octanol–water partition coefficient (Wildman–Crippen LogP) is 3.68. The molecule has 0 amide bonds. The Morgan fingerprint density at radius 1 is 0.941 bits per heavy atom. The maximum atomic E-state index is 5.15. The number of ether oxygens (including phenoxy) is 1. The number of aromatic nitrogens is 1. The van der Waals surface area contributed by atoms with E-state index in [1.807, 2.05) is 12.1 Å². The van der Waals surface area contributed by atoms with Gasteiger partial charge in [0.15, 0.2) is 0 Å². The van der Waals surface area contributed by atoms with E-state index in [0.717, 1.165) is 5.56 Å². The third-order valence-electron chi connectivity index (χ3n) is 3.20. The summed E-state index contributed by atoms with van der Waals surface area (Å²) in [5.74, 6) is 0.651. The summed E-state index contributed by atoms with van der Waals surface area (Å²) in [6.07, 6.45) is 1.78. The molecule has 0 fully saturated rings. The fourth-order valence-electron chi connectivity index (χ4n) is 1.90. The Bertz CT molecular complexity index is 523. The van der Waals surface area contributed by atoms with Crippen LogP contribution in [0.15, 0.2) is 30.5 Å². The fraction of sp³-hybridized carbons (Fsp3) is 0.267. The Labute approximate surface area is 102 Å². The molecule has 0 atom stereocenters. The first-order chi connectivity index (χ1) is 8.11. The van der Waals surface area contributed by atoms with Gasteiger partial charge in [0.1, 0.15) is 0 Å². The Balaban J connectivity index is 2.52. The lowest BCUT2D eigenvalue weighted by molar-refractivity contribution is 0.398. The largest absolute Gasteiger partial charge is 0.481 e. The molecule has 0 saturated heterocycles. The van der Waals surface area contributed by atoms with Crippen LogP contribution in [0.1, 0.15) is 16.7 Å². The average molecular weight is 227 g/mol. The molecule has 2 rings (SSSR count). The number of hydrogen-bond acceptors (Lipinski definition) is 2. The highest BCUT2D eigenvalue weighted by Crippen LogP contribution is 2.26. The van der Waals surface area contributed by atoms with Crippen LogP contribution in [0.5, 0.6) is 5.88 Å². The number of pyridine rings is 1. The van der Waals surface area contributed by atoms with Crippen molar-refractivity contribution in [3.05, 3.63) is 47.2 Å². The third kappa shape index (κ3) is 2.31. The van der Waals surface area contributed by atoms with Gasteiger partial charge in [-0.1, -0.05) is 12.1 Å². The molecule has 17 heavy (non-hydrogen) atoms. The number of methoxy groups -OCH3 is 1. The van der Waals surface area contributed by atoms with Crippen LogP contribution in [0.3, 0.4) is 0 Å². The molecule has 0 spiro atoms. The first-order valence-corrected chi connectivity index (χ1v) is 5.70. The molecule has 2 aromatic rings. The molecule has 1 aromatic heterocycles. The summed E-state index contributed by atoms with van der Waals surface area (Å²) in [6, 6.07) is 8.38. The standard InChI is InChI=1S/C15H17NO/c1-10-7-14(8-11(2)12(10)3)13-5-6-16-15(9-13)17-4/h5-9H,1-4H3. The van der Waals surface area contributed by atoms with Crippen LogP contribution in [-0.4, -0.2) is 12.1 Å². The van der Waals surface area contributed by atoms with Crippen molar-refractivity contribution in [3.63, 3.8) is 0 Å². The van der Waals surface area contributed by atoms with Crippen molar-refractivity contribution in [2.24, 2.45) is 0 Å². The molecular formula is C15H17NO. The summed E-state index contributed by atoms with van der Waals surface area (Å²) < 4.78 is 5.15. The lowest BCUT2D eigenvalue weighted by Crippen LogP contribution is -1.91. The number of aryl methyl sites for hydroxylation is 2. The summed E-state index contributed by atoms with van der Waals surface area (Å²) in [6.45, 7) is 6.44. The van der Waals surface area contributed by atoms with Gasteiger partial charge >= 0.3 is 0 Å². The number of rotatable bonds is 2. The molecule has 0 aliphatic carbocycles. The molecule has 2 heteroatoms. The van der Waals surface area contributed by atoms with E-state index in [-0.39, 0.29) is 0 Å². The first kappa shape index (κ1) is 11.6. The molecule has 88 valence electrons. The molecule has 0 saturated carbocycles. The highest BCUT2D eigenvalue weighted by molar-refractivity contribution is 5.66. The molecule has 1 aromatic carbocycles. The minimum Gasteiger partial charge on any atom is -0.481 e. The highest BCUT2D eigenvalue weighted by atomic mass is 16.5. The van der Waals surface area contributed by atoms with Gasteiger partial charge in [-0.3, -0.25) is 0 Å². The summed E-state index contributed by atoms with van der Waals surface area (Å²) in [5, 5.41) is 0. The van der Waals surface area contributed by atoms with Gasteiger partial charge < -0.3 is 4.74 Å². The van der Waals surface area contributed by atoms with Crippen LogP contribution in [0.4, 0.5) is 0 Å². The number of benzene rings is 1. The van der Waals surface area contributed by atoms with Crippen molar-refractivity contribution >= 4 is 0 Å². The smallest absolute Gasteiger partial charge is 0.213 e. The second-order valence-electron chi connectivity index (χ2n) is 4.32. The van der Waals surface area contributed by atoms with E-state index in [1.54, 1.807) is 13.3 Å². The van der Waals surface area contributed by atoms with Crippen LogP contribution >= 0.6 is 0 Å². The normalized spacial score (nSPS) is 10.4. The molecule has 0 aliphatic rings. The maximum Gasteiger partial charge on any atom is 0.213 e. The summed E-state index contributed by atoms with van der Waals surface area (Å²) >= 11 is 0. The van der Waals surface area contributed by atoms with Crippen molar-refractivity contribution in [2.75, 3.05) is 7.11 Å².